The molecule has 4 nitrogen and oxygen atoms in total. The normalized spacial score (nSPS) is 10.7. The smallest absolute Gasteiger partial charge is 0.224 e. The van der Waals surface area contributed by atoms with E-state index < -0.39 is 0 Å². The average Bonchev–Trinajstić information content (AvgIpc) is 2.47. The van der Waals surface area contributed by atoms with Crippen molar-refractivity contribution in [1.29, 1.82) is 0 Å². The minimum atomic E-state index is 0.256. The third-order valence-electron chi connectivity index (χ3n) is 3.04. The van der Waals surface area contributed by atoms with Gasteiger partial charge in [0.15, 0.2) is 0 Å². The molecule has 3 aromatic rings. The fourth-order valence-corrected chi connectivity index (χ4v) is 2.30. The predicted octanol–water partition coefficient (Wildman–Crippen LogP) is 3.31. The number of para-hydroxylation sites is 1. The van der Waals surface area contributed by atoms with Crippen LogP contribution >= 0.6 is 11.6 Å². The van der Waals surface area contributed by atoms with Crippen LogP contribution in [0.3, 0.4) is 0 Å². The molecule has 2 aromatic heterocycles. The van der Waals surface area contributed by atoms with E-state index in [2.05, 4.69) is 15.0 Å². The summed E-state index contributed by atoms with van der Waals surface area (Å²) in [7, 11) is 1.97. The van der Waals surface area contributed by atoms with Crippen molar-refractivity contribution in [3.63, 3.8) is 0 Å². The molecule has 1 aromatic carbocycles. The van der Waals surface area contributed by atoms with Crippen molar-refractivity contribution in [2.75, 3.05) is 11.9 Å². The Hall–Kier alpha value is -2.20. The molecule has 0 bridgehead atoms. The first-order valence-corrected chi connectivity index (χ1v) is 6.65. The second-order valence-electron chi connectivity index (χ2n) is 4.51. The largest absolute Gasteiger partial charge is 0.353 e. The highest BCUT2D eigenvalue weighted by Gasteiger charge is 2.11. The van der Waals surface area contributed by atoms with Crippen molar-refractivity contribution >= 4 is 28.3 Å². The van der Waals surface area contributed by atoms with E-state index in [0.717, 1.165) is 22.4 Å². The Kier molecular flexibility index (Phi) is 3.48. The summed E-state index contributed by atoms with van der Waals surface area (Å²) >= 11 is 6.01. The fourth-order valence-electron chi connectivity index (χ4n) is 2.13. The lowest BCUT2D eigenvalue weighted by Gasteiger charge is -2.19. The van der Waals surface area contributed by atoms with Crippen molar-refractivity contribution in [3.8, 4) is 0 Å². The average molecular weight is 285 g/mol. The Balaban J connectivity index is 2.01. The molecule has 0 N–H and O–H groups in total. The van der Waals surface area contributed by atoms with Crippen molar-refractivity contribution in [3.05, 3.63) is 59.6 Å². The molecular weight excluding hydrogens is 272 g/mol. The van der Waals surface area contributed by atoms with Crippen LogP contribution in [-0.4, -0.2) is 22.0 Å². The van der Waals surface area contributed by atoms with Gasteiger partial charge < -0.3 is 4.90 Å². The number of hydrogen-bond acceptors (Lipinski definition) is 4. The van der Waals surface area contributed by atoms with Crippen molar-refractivity contribution in [2.45, 2.75) is 6.54 Å². The highest BCUT2D eigenvalue weighted by atomic mass is 35.5. The number of aromatic nitrogens is 3. The van der Waals surface area contributed by atoms with Crippen molar-refractivity contribution in [2.24, 2.45) is 0 Å². The van der Waals surface area contributed by atoms with Crippen LogP contribution in [0.15, 0.2) is 48.7 Å². The highest BCUT2D eigenvalue weighted by Crippen LogP contribution is 2.25. The summed E-state index contributed by atoms with van der Waals surface area (Å²) in [5.41, 5.74) is 1.82. The van der Waals surface area contributed by atoms with Gasteiger partial charge in [-0.3, -0.25) is 4.98 Å². The fraction of sp³-hybridized carbons (Fsp3) is 0.133. The molecule has 0 amide bonds. The highest BCUT2D eigenvalue weighted by molar-refractivity contribution is 6.28. The van der Waals surface area contributed by atoms with E-state index in [1.807, 2.05) is 54.4 Å². The molecule has 3 rings (SSSR count). The number of anilines is 1. The molecule has 0 spiro atoms. The molecule has 0 radical (unpaired) electrons. The molecule has 0 aliphatic carbocycles. The lowest BCUT2D eigenvalue weighted by molar-refractivity contribution is 0.868. The van der Waals surface area contributed by atoms with Gasteiger partial charge in [-0.1, -0.05) is 18.2 Å². The van der Waals surface area contributed by atoms with Gasteiger partial charge in [0.2, 0.25) is 5.28 Å². The van der Waals surface area contributed by atoms with Crippen LogP contribution in [0.2, 0.25) is 5.28 Å². The molecule has 0 saturated carbocycles. The second-order valence-corrected chi connectivity index (χ2v) is 4.85. The monoisotopic (exact) mass is 284 g/mol. The Labute approximate surface area is 122 Å². The topological polar surface area (TPSA) is 41.9 Å². The Morgan fingerprint density at radius 3 is 2.65 bits per heavy atom. The summed E-state index contributed by atoms with van der Waals surface area (Å²) in [6, 6.07) is 13.7. The van der Waals surface area contributed by atoms with Gasteiger partial charge in [-0.15, -0.1) is 0 Å². The molecule has 0 atom stereocenters. The maximum Gasteiger partial charge on any atom is 0.224 e. The van der Waals surface area contributed by atoms with Crippen LogP contribution in [0.4, 0.5) is 5.82 Å². The molecule has 20 heavy (non-hydrogen) atoms. The van der Waals surface area contributed by atoms with Gasteiger partial charge in [-0.2, -0.15) is 4.98 Å². The summed E-state index contributed by atoms with van der Waals surface area (Å²) in [5, 5.41) is 1.24. The molecule has 0 unspecified atom stereocenters. The van der Waals surface area contributed by atoms with Gasteiger partial charge in [0, 0.05) is 18.6 Å². The number of halogens is 1. The predicted molar refractivity (Wildman–Crippen MR) is 80.9 cm³/mol. The lowest BCUT2D eigenvalue weighted by atomic mass is 10.2. The molecule has 2 heterocycles. The number of benzene rings is 1. The quantitative estimate of drug-likeness (QED) is 0.692. The zero-order valence-corrected chi connectivity index (χ0v) is 11.7. The number of rotatable bonds is 3. The number of pyridine rings is 1. The van der Waals surface area contributed by atoms with E-state index >= 15 is 0 Å². The van der Waals surface area contributed by atoms with Gasteiger partial charge in [0.05, 0.1) is 17.8 Å². The minimum Gasteiger partial charge on any atom is -0.353 e. The third kappa shape index (κ3) is 2.56. The Morgan fingerprint density at radius 1 is 1.05 bits per heavy atom. The van der Waals surface area contributed by atoms with Gasteiger partial charge in [0.25, 0.3) is 0 Å². The molecular formula is C15H13ClN4. The number of nitrogens with zero attached hydrogens (tertiary/aromatic N) is 4. The molecule has 0 saturated heterocycles. The van der Waals surface area contributed by atoms with Crippen LogP contribution in [0, 0.1) is 0 Å². The van der Waals surface area contributed by atoms with Gasteiger partial charge >= 0.3 is 0 Å². The summed E-state index contributed by atoms with van der Waals surface area (Å²) in [4.78, 5) is 14.9. The lowest BCUT2D eigenvalue weighted by Crippen LogP contribution is -2.19. The van der Waals surface area contributed by atoms with Crippen LogP contribution in [-0.2, 0) is 6.54 Å². The zero-order valence-electron chi connectivity index (χ0n) is 11.0. The van der Waals surface area contributed by atoms with Crippen LogP contribution in [0.5, 0.6) is 0 Å². The molecule has 100 valence electrons. The van der Waals surface area contributed by atoms with Crippen molar-refractivity contribution in [1.82, 2.24) is 15.0 Å². The van der Waals surface area contributed by atoms with E-state index in [9.17, 15) is 0 Å². The van der Waals surface area contributed by atoms with E-state index in [0.29, 0.717) is 6.54 Å². The summed E-state index contributed by atoms with van der Waals surface area (Å²) < 4.78 is 0. The van der Waals surface area contributed by atoms with Gasteiger partial charge in [-0.05, 0) is 35.9 Å². The molecule has 5 heteroatoms. The summed E-state index contributed by atoms with van der Waals surface area (Å²) in [6.07, 6.45) is 1.79. The first kappa shape index (κ1) is 12.8. The number of hydrogen-bond donors (Lipinski definition) is 0. The first-order valence-electron chi connectivity index (χ1n) is 6.27. The van der Waals surface area contributed by atoms with E-state index in [1.165, 1.54) is 0 Å². The molecule has 0 fully saturated rings. The Bertz CT molecular complexity index is 730. The third-order valence-corrected chi connectivity index (χ3v) is 3.21. The minimum absolute atomic E-state index is 0.256. The van der Waals surface area contributed by atoms with E-state index in [4.69, 9.17) is 11.6 Å². The summed E-state index contributed by atoms with van der Waals surface area (Å²) in [5.74, 6) is 0.811. The van der Waals surface area contributed by atoms with Crippen molar-refractivity contribution < 1.29 is 0 Å². The zero-order chi connectivity index (χ0) is 13.9. The first-order chi connectivity index (χ1) is 9.74. The standard InChI is InChI=1S/C15H13ClN4/c1-20(10-11-6-4-5-9-17-11)14-12-7-2-3-8-13(12)18-15(16)19-14/h2-9H,10H2,1H3. The molecule has 0 aliphatic rings. The van der Waals surface area contributed by atoms with E-state index in [-0.39, 0.29) is 5.28 Å². The Morgan fingerprint density at radius 2 is 1.85 bits per heavy atom. The van der Waals surface area contributed by atoms with Crippen LogP contribution in [0.1, 0.15) is 5.69 Å². The van der Waals surface area contributed by atoms with Gasteiger partial charge in [-0.25, -0.2) is 4.98 Å². The van der Waals surface area contributed by atoms with Crippen LogP contribution < -0.4 is 4.90 Å². The van der Waals surface area contributed by atoms with E-state index in [1.54, 1.807) is 6.20 Å². The maximum atomic E-state index is 6.01. The second kappa shape index (κ2) is 5.43. The SMILES string of the molecule is CN(Cc1ccccn1)c1nc(Cl)nc2ccccc12. The molecule has 0 aliphatic heterocycles. The summed E-state index contributed by atoms with van der Waals surface area (Å²) in [6.45, 7) is 0.665. The van der Waals surface area contributed by atoms with Gasteiger partial charge in [0.1, 0.15) is 5.82 Å². The van der Waals surface area contributed by atoms with Crippen LogP contribution in [0.25, 0.3) is 10.9 Å². The maximum absolute atomic E-state index is 6.01. The number of fused-ring (bicyclic) bond motifs is 1.